The zero-order chi connectivity index (χ0) is 27.5. The fraction of sp³-hybridized carbons (Fsp3) is 0.821. The number of alkyl halides is 4. The van der Waals surface area contributed by atoms with Gasteiger partial charge in [0.2, 0.25) is 0 Å². The summed E-state index contributed by atoms with van der Waals surface area (Å²) in [6, 6.07) is 0. The SMILES string of the molecule is CCCCC(C)([C@@H](/C=C/[C@H]1CC[C@H](O)[C@@H]1C(F)/C=C\CCCC(=O)OC)OC1CCCCO1)C(F)(F)F. The highest BCUT2D eigenvalue weighted by molar-refractivity contribution is 5.69. The zero-order valence-electron chi connectivity index (χ0n) is 22.4. The summed E-state index contributed by atoms with van der Waals surface area (Å²) in [4.78, 5) is 11.2. The van der Waals surface area contributed by atoms with Gasteiger partial charge in [-0.15, -0.1) is 0 Å². The van der Waals surface area contributed by atoms with E-state index in [-0.39, 0.29) is 18.8 Å². The Bertz CT molecular complexity index is 735. The van der Waals surface area contributed by atoms with Crippen LogP contribution in [-0.2, 0) is 19.0 Å². The first kappa shape index (κ1) is 31.8. The van der Waals surface area contributed by atoms with Crippen LogP contribution in [0.5, 0.6) is 0 Å². The molecule has 7 atom stereocenters. The molecule has 2 rings (SSSR count). The Kier molecular flexibility index (Phi) is 13.1. The lowest BCUT2D eigenvalue weighted by atomic mass is 9.77. The second-order valence-electron chi connectivity index (χ2n) is 10.5. The molecule has 0 radical (unpaired) electrons. The monoisotopic (exact) mass is 536 g/mol. The number of aliphatic hydroxyl groups excluding tert-OH is 1. The van der Waals surface area contributed by atoms with E-state index in [2.05, 4.69) is 4.74 Å². The molecule has 37 heavy (non-hydrogen) atoms. The van der Waals surface area contributed by atoms with E-state index in [1.165, 1.54) is 26.2 Å². The average Bonchev–Trinajstić information content (AvgIpc) is 3.24. The molecule has 1 aliphatic carbocycles. The number of carbonyl (C=O) groups is 1. The molecule has 1 N–H and O–H groups in total. The van der Waals surface area contributed by atoms with Crippen molar-refractivity contribution in [1.82, 2.24) is 0 Å². The fourth-order valence-corrected chi connectivity index (χ4v) is 5.15. The van der Waals surface area contributed by atoms with Crippen molar-refractivity contribution in [1.29, 1.82) is 0 Å². The first-order valence-electron chi connectivity index (χ1n) is 13.6. The first-order valence-corrected chi connectivity index (χ1v) is 13.6. The van der Waals surface area contributed by atoms with Gasteiger partial charge in [0.05, 0.1) is 24.7 Å². The number of hydrogen-bond donors (Lipinski definition) is 1. The lowest BCUT2D eigenvalue weighted by molar-refractivity contribution is -0.279. The van der Waals surface area contributed by atoms with Crippen molar-refractivity contribution in [2.75, 3.05) is 13.7 Å². The van der Waals surface area contributed by atoms with Crippen LogP contribution in [0, 0.1) is 17.3 Å². The Morgan fingerprint density at radius 3 is 2.54 bits per heavy atom. The predicted octanol–water partition coefficient (Wildman–Crippen LogP) is 6.84. The van der Waals surface area contributed by atoms with Gasteiger partial charge >= 0.3 is 12.1 Å². The van der Waals surface area contributed by atoms with Crippen molar-refractivity contribution in [3.05, 3.63) is 24.3 Å². The second kappa shape index (κ2) is 15.2. The van der Waals surface area contributed by atoms with Gasteiger partial charge in [-0.05, 0) is 64.2 Å². The van der Waals surface area contributed by atoms with Crippen LogP contribution in [0.15, 0.2) is 24.3 Å². The number of aliphatic hydroxyl groups is 1. The van der Waals surface area contributed by atoms with Crippen LogP contribution in [0.2, 0.25) is 0 Å². The number of esters is 1. The molecular weight excluding hydrogens is 492 g/mol. The van der Waals surface area contributed by atoms with E-state index in [0.717, 1.165) is 12.8 Å². The van der Waals surface area contributed by atoms with Gasteiger partial charge < -0.3 is 19.3 Å². The molecule has 0 aromatic carbocycles. The van der Waals surface area contributed by atoms with Gasteiger partial charge in [-0.1, -0.05) is 44.1 Å². The van der Waals surface area contributed by atoms with Gasteiger partial charge in [0.1, 0.15) is 6.17 Å². The maximum absolute atomic E-state index is 15.1. The fourth-order valence-electron chi connectivity index (χ4n) is 5.15. The summed E-state index contributed by atoms with van der Waals surface area (Å²) in [7, 11) is 1.31. The highest BCUT2D eigenvalue weighted by atomic mass is 19.4. The number of allylic oxidation sites excluding steroid dienone is 3. The van der Waals surface area contributed by atoms with Gasteiger partial charge in [0.25, 0.3) is 0 Å². The molecule has 214 valence electrons. The number of ether oxygens (including phenoxy) is 3. The Morgan fingerprint density at radius 1 is 1.16 bits per heavy atom. The van der Waals surface area contributed by atoms with Gasteiger partial charge in [0.15, 0.2) is 6.29 Å². The molecule has 2 aliphatic rings. The summed E-state index contributed by atoms with van der Waals surface area (Å²) in [5.41, 5.74) is -2.12. The molecule has 0 bridgehead atoms. The molecular formula is C28H44F4O5. The minimum Gasteiger partial charge on any atom is -0.469 e. The smallest absolute Gasteiger partial charge is 0.397 e. The largest absolute Gasteiger partial charge is 0.469 e. The van der Waals surface area contributed by atoms with Crippen LogP contribution in [-0.4, -0.2) is 55.6 Å². The molecule has 1 aliphatic heterocycles. The summed E-state index contributed by atoms with van der Waals surface area (Å²) in [5, 5.41) is 10.5. The zero-order valence-corrected chi connectivity index (χ0v) is 22.4. The van der Waals surface area contributed by atoms with Crippen molar-refractivity contribution >= 4 is 5.97 Å². The number of unbranched alkanes of at least 4 members (excludes halogenated alkanes) is 2. The van der Waals surface area contributed by atoms with Gasteiger partial charge in [-0.25, -0.2) is 4.39 Å². The third kappa shape index (κ3) is 9.36. The van der Waals surface area contributed by atoms with E-state index in [9.17, 15) is 23.1 Å². The molecule has 9 heteroatoms. The van der Waals surface area contributed by atoms with Crippen molar-refractivity contribution in [3.63, 3.8) is 0 Å². The van der Waals surface area contributed by atoms with Crippen LogP contribution in [0.3, 0.4) is 0 Å². The van der Waals surface area contributed by atoms with Crippen LogP contribution >= 0.6 is 0 Å². The van der Waals surface area contributed by atoms with E-state index in [1.54, 1.807) is 12.2 Å². The van der Waals surface area contributed by atoms with Gasteiger partial charge in [-0.3, -0.25) is 4.79 Å². The minimum atomic E-state index is -4.50. The van der Waals surface area contributed by atoms with Crippen LogP contribution in [0.1, 0.15) is 84.5 Å². The van der Waals surface area contributed by atoms with Crippen LogP contribution < -0.4 is 0 Å². The summed E-state index contributed by atoms with van der Waals surface area (Å²) < 4.78 is 74.4. The molecule has 1 saturated carbocycles. The molecule has 0 aromatic heterocycles. The van der Waals surface area contributed by atoms with Crippen molar-refractivity contribution < 1.29 is 41.7 Å². The van der Waals surface area contributed by atoms with Crippen LogP contribution in [0.25, 0.3) is 0 Å². The first-order chi connectivity index (χ1) is 17.5. The molecule has 0 amide bonds. The highest BCUT2D eigenvalue weighted by Crippen LogP contribution is 2.47. The highest BCUT2D eigenvalue weighted by Gasteiger charge is 2.56. The number of methoxy groups -OCH3 is 1. The summed E-state index contributed by atoms with van der Waals surface area (Å²) in [5.74, 6) is -1.51. The summed E-state index contributed by atoms with van der Waals surface area (Å²) in [6.07, 6.45) is 2.43. The lowest BCUT2D eigenvalue weighted by Crippen LogP contribution is -2.47. The Hall–Kier alpha value is -1.45. The quantitative estimate of drug-likeness (QED) is 0.114. The number of carbonyl (C=O) groups excluding carboxylic acids is 1. The molecule has 1 saturated heterocycles. The van der Waals surface area contributed by atoms with Gasteiger partial charge in [-0.2, -0.15) is 13.2 Å². The molecule has 2 fully saturated rings. The summed E-state index contributed by atoms with van der Waals surface area (Å²) >= 11 is 0. The number of hydrogen-bond acceptors (Lipinski definition) is 5. The molecule has 0 spiro atoms. The standard InChI is InChI=1S/C28H44F4O5/c1-4-5-18-27(2,28(30,31)32)23(37-25-13-9-10-19-36-25)17-15-20-14-16-22(33)26(20)21(29)11-7-6-8-12-24(34)35-3/h7,11,15,17,20-23,25-26,33H,4-6,8-10,12-14,16,18-19H2,1-3H3/b11-7-,17-15+/t20-,21?,22+,23-,25?,26+,27?/m1/s1. The Labute approximate surface area is 218 Å². The van der Waals surface area contributed by atoms with Crippen molar-refractivity contribution in [2.45, 2.75) is 115 Å². The maximum atomic E-state index is 15.1. The number of rotatable bonds is 14. The molecule has 5 nitrogen and oxygen atoms in total. The van der Waals surface area contributed by atoms with E-state index in [4.69, 9.17) is 9.47 Å². The normalized spacial score (nSPS) is 28.4. The molecule has 3 unspecified atom stereocenters. The average molecular weight is 537 g/mol. The Morgan fingerprint density at radius 2 is 1.92 bits per heavy atom. The lowest BCUT2D eigenvalue weighted by Gasteiger charge is -2.40. The van der Waals surface area contributed by atoms with E-state index >= 15 is 4.39 Å². The summed E-state index contributed by atoms with van der Waals surface area (Å²) in [6.45, 7) is 3.49. The second-order valence-corrected chi connectivity index (χ2v) is 10.5. The van der Waals surface area contributed by atoms with Crippen LogP contribution in [0.4, 0.5) is 17.6 Å². The Balaban J connectivity index is 2.18. The van der Waals surface area contributed by atoms with Gasteiger partial charge in [0, 0.05) is 18.9 Å². The van der Waals surface area contributed by atoms with Crippen molar-refractivity contribution in [3.8, 4) is 0 Å². The third-order valence-electron chi connectivity index (χ3n) is 7.70. The molecule has 0 aromatic rings. The third-order valence-corrected chi connectivity index (χ3v) is 7.70. The molecule has 1 heterocycles. The minimum absolute atomic E-state index is 0.0918. The van der Waals surface area contributed by atoms with E-state index in [0.29, 0.717) is 51.6 Å². The van der Waals surface area contributed by atoms with E-state index < -0.39 is 48.1 Å². The number of halogens is 4. The predicted molar refractivity (Wildman–Crippen MR) is 133 cm³/mol. The maximum Gasteiger partial charge on any atom is 0.397 e. The topological polar surface area (TPSA) is 65.0 Å². The van der Waals surface area contributed by atoms with Crippen molar-refractivity contribution in [2.24, 2.45) is 17.3 Å². The van der Waals surface area contributed by atoms with E-state index in [1.807, 2.05) is 6.92 Å².